The Balaban J connectivity index is 0.000000336. The van der Waals surface area contributed by atoms with E-state index in [4.69, 9.17) is 0 Å². The van der Waals surface area contributed by atoms with Crippen LogP contribution in [0.3, 0.4) is 0 Å². The summed E-state index contributed by atoms with van der Waals surface area (Å²) in [6, 6.07) is 0. The van der Waals surface area contributed by atoms with Crippen molar-refractivity contribution in [3.05, 3.63) is 0 Å². The zero-order valence-corrected chi connectivity index (χ0v) is 8.98. The van der Waals surface area contributed by atoms with Gasteiger partial charge in [-0.15, -0.1) is 0 Å². The highest BCUT2D eigenvalue weighted by Crippen LogP contribution is 2.55. The molecule has 1 N–H and O–H groups in total. The molecule has 1 saturated carbocycles. The summed E-state index contributed by atoms with van der Waals surface area (Å²) in [4.78, 5) is 0. The minimum absolute atomic E-state index is 0.772. The van der Waals surface area contributed by atoms with Gasteiger partial charge in [0.2, 0.25) is 0 Å². The lowest BCUT2D eigenvalue weighted by molar-refractivity contribution is 0.301. The third-order valence-corrected chi connectivity index (χ3v) is 3.32. The molecule has 1 spiro atoms. The average molecular weight is 169 g/mol. The summed E-state index contributed by atoms with van der Waals surface area (Å²) in [5.74, 6) is 1.87. The van der Waals surface area contributed by atoms with Gasteiger partial charge in [0.25, 0.3) is 0 Å². The van der Waals surface area contributed by atoms with Crippen molar-refractivity contribution in [3.63, 3.8) is 0 Å². The number of nitrogens with one attached hydrogen (secondary N) is 1. The average Bonchev–Trinajstić information content (AvgIpc) is 2.66. The van der Waals surface area contributed by atoms with Gasteiger partial charge in [-0.25, -0.2) is 0 Å². The maximum Gasteiger partial charge on any atom is 0.00112 e. The molecule has 2 rings (SSSR count). The maximum atomic E-state index is 3.51. The smallest absolute Gasteiger partial charge is 0.00112 e. The minimum atomic E-state index is 0.772. The van der Waals surface area contributed by atoms with E-state index in [1.165, 1.54) is 25.9 Å². The van der Waals surface area contributed by atoms with E-state index < -0.39 is 0 Å². The number of hydrogen-bond acceptors (Lipinski definition) is 1. The van der Waals surface area contributed by atoms with Crippen molar-refractivity contribution >= 4 is 0 Å². The van der Waals surface area contributed by atoms with E-state index in [0.29, 0.717) is 0 Å². The quantitative estimate of drug-likeness (QED) is 0.636. The van der Waals surface area contributed by atoms with E-state index in [2.05, 4.69) is 19.2 Å². The van der Waals surface area contributed by atoms with Crippen molar-refractivity contribution < 1.29 is 0 Å². The largest absolute Gasteiger partial charge is 0.316 e. The van der Waals surface area contributed by atoms with E-state index >= 15 is 0 Å². The van der Waals surface area contributed by atoms with Crippen LogP contribution >= 0.6 is 0 Å². The molecule has 12 heavy (non-hydrogen) atoms. The normalized spacial score (nSPS) is 30.2. The molecule has 1 heteroatoms. The predicted octanol–water partition coefficient (Wildman–Crippen LogP) is 2.67. The van der Waals surface area contributed by atoms with Crippen LogP contribution in [0.1, 0.15) is 40.5 Å². The van der Waals surface area contributed by atoms with Crippen molar-refractivity contribution in [2.45, 2.75) is 40.5 Å². The van der Waals surface area contributed by atoms with E-state index in [0.717, 1.165) is 17.3 Å². The van der Waals surface area contributed by atoms with Gasteiger partial charge in [0, 0.05) is 6.54 Å². The fraction of sp³-hybridized carbons (Fsp3) is 1.00. The Kier molecular flexibility index (Phi) is 3.16. The van der Waals surface area contributed by atoms with Crippen LogP contribution in [0.4, 0.5) is 0 Å². The van der Waals surface area contributed by atoms with Crippen LogP contribution in [-0.2, 0) is 0 Å². The van der Waals surface area contributed by atoms with Crippen LogP contribution in [-0.4, -0.2) is 13.1 Å². The molecule has 1 heterocycles. The molecule has 0 bridgehead atoms. The topological polar surface area (TPSA) is 12.0 Å². The first-order chi connectivity index (χ1) is 5.75. The molecule has 0 aromatic heterocycles. The molecule has 2 fully saturated rings. The molecule has 72 valence electrons. The molecule has 0 amide bonds. The van der Waals surface area contributed by atoms with Crippen molar-refractivity contribution in [1.82, 2.24) is 5.32 Å². The molecule has 1 aliphatic heterocycles. The Morgan fingerprint density at radius 1 is 1.25 bits per heavy atom. The standard InChI is InChI=1S/C9H17N.C2H6/c1-7(2)8-5-10-6-9(8)3-4-9;1-2/h7-8,10H,3-6H2,1-2H3;1-2H3. The van der Waals surface area contributed by atoms with Gasteiger partial charge in [-0.05, 0) is 36.6 Å². The molecule has 1 saturated heterocycles. The molecule has 0 aromatic rings. The second-order valence-corrected chi connectivity index (χ2v) is 4.34. The Morgan fingerprint density at radius 2 is 1.83 bits per heavy atom. The molecule has 2 aliphatic rings. The maximum absolute atomic E-state index is 3.51. The van der Waals surface area contributed by atoms with Gasteiger partial charge in [0.05, 0.1) is 0 Å². The zero-order valence-electron chi connectivity index (χ0n) is 8.98. The monoisotopic (exact) mass is 169 g/mol. The highest BCUT2D eigenvalue weighted by atomic mass is 15.0. The van der Waals surface area contributed by atoms with Crippen LogP contribution in [0.2, 0.25) is 0 Å². The van der Waals surface area contributed by atoms with Crippen molar-refractivity contribution in [3.8, 4) is 0 Å². The molecule has 1 unspecified atom stereocenters. The summed E-state index contributed by atoms with van der Waals surface area (Å²) < 4.78 is 0. The third kappa shape index (κ3) is 1.66. The summed E-state index contributed by atoms with van der Waals surface area (Å²) in [6.45, 7) is 11.3. The number of hydrogen-bond donors (Lipinski definition) is 1. The molecule has 0 aromatic carbocycles. The van der Waals surface area contributed by atoms with Gasteiger partial charge in [-0.3, -0.25) is 0 Å². The summed E-state index contributed by atoms with van der Waals surface area (Å²) in [7, 11) is 0. The summed E-state index contributed by atoms with van der Waals surface area (Å²) >= 11 is 0. The van der Waals surface area contributed by atoms with E-state index in [9.17, 15) is 0 Å². The van der Waals surface area contributed by atoms with Crippen LogP contribution in [0.25, 0.3) is 0 Å². The van der Waals surface area contributed by atoms with Crippen LogP contribution in [0.5, 0.6) is 0 Å². The minimum Gasteiger partial charge on any atom is -0.316 e. The van der Waals surface area contributed by atoms with Gasteiger partial charge in [-0.2, -0.15) is 0 Å². The van der Waals surface area contributed by atoms with Gasteiger partial charge < -0.3 is 5.32 Å². The lowest BCUT2D eigenvalue weighted by atomic mass is 9.84. The first-order valence-corrected chi connectivity index (χ1v) is 5.45. The number of rotatable bonds is 1. The molecule has 1 nitrogen and oxygen atoms in total. The van der Waals surface area contributed by atoms with E-state index in [-0.39, 0.29) is 0 Å². The molecule has 0 radical (unpaired) electrons. The van der Waals surface area contributed by atoms with Gasteiger partial charge >= 0.3 is 0 Å². The van der Waals surface area contributed by atoms with Crippen molar-refractivity contribution in [2.75, 3.05) is 13.1 Å². The lowest BCUT2D eigenvalue weighted by Crippen LogP contribution is -2.19. The fourth-order valence-electron chi connectivity index (χ4n) is 2.48. The summed E-state index contributed by atoms with van der Waals surface area (Å²) in [6.07, 6.45) is 2.98. The molecular formula is C11H23N. The predicted molar refractivity (Wildman–Crippen MR) is 54.2 cm³/mol. The molecular weight excluding hydrogens is 146 g/mol. The summed E-state index contributed by atoms with van der Waals surface area (Å²) in [5, 5.41) is 3.51. The van der Waals surface area contributed by atoms with Crippen molar-refractivity contribution in [2.24, 2.45) is 17.3 Å². The summed E-state index contributed by atoms with van der Waals surface area (Å²) in [5.41, 5.74) is 0.772. The Bertz CT molecular complexity index is 136. The lowest BCUT2D eigenvalue weighted by Gasteiger charge is -2.20. The zero-order chi connectivity index (χ0) is 9.19. The van der Waals surface area contributed by atoms with Crippen LogP contribution in [0.15, 0.2) is 0 Å². The Hall–Kier alpha value is -0.0400. The molecule has 1 atom stereocenters. The fourth-order valence-corrected chi connectivity index (χ4v) is 2.48. The highest BCUT2D eigenvalue weighted by Gasteiger charge is 2.52. The van der Waals surface area contributed by atoms with Gasteiger partial charge in [-0.1, -0.05) is 27.7 Å². The second-order valence-electron chi connectivity index (χ2n) is 4.34. The van der Waals surface area contributed by atoms with Crippen LogP contribution < -0.4 is 5.32 Å². The SMILES string of the molecule is CC.CC(C)C1CNCC12CC2. The Morgan fingerprint density at radius 3 is 2.17 bits per heavy atom. The third-order valence-electron chi connectivity index (χ3n) is 3.32. The first kappa shape index (κ1) is 10.0. The highest BCUT2D eigenvalue weighted by molar-refractivity contribution is 5.05. The second kappa shape index (κ2) is 3.78. The first-order valence-electron chi connectivity index (χ1n) is 5.45. The van der Waals surface area contributed by atoms with Gasteiger partial charge in [0.15, 0.2) is 0 Å². The van der Waals surface area contributed by atoms with Crippen LogP contribution in [0, 0.1) is 17.3 Å². The van der Waals surface area contributed by atoms with Crippen molar-refractivity contribution in [1.29, 1.82) is 0 Å². The van der Waals surface area contributed by atoms with Gasteiger partial charge in [0.1, 0.15) is 0 Å². The van der Waals surface area contributed by atoms with E-state index in [1.54, 1.807) is 0 Å². The Labute approximate surface area is 76.9 Å². The van der Waals surface area contributed by atoms with E-state index in [1.807, 2.05) is 13.8 Å². The molecule has 1 aliphatic carbocycles.